The SMILES string of the molecule is CN(c1ncnc2[nH]ccc12)[C@H]1CC[C@H](CS(=O)(=O)N2CCC(c3ncccn3)C2)CC1. The topological polar surface area (TPSA) is 108 Å². The molecule has 1 aliphatic carbocycles. The van der Waals surface area contributed by atoms with E-state index in [9.17, 15) is 8.42 Å². The molecule has 1 atom stereocenters. The summed E-state index contributed by atoms with van der Waals surface area (Å²) in [6, 6.07) is 4.14. The van der Waals surface area contributed by atoms with Gasteiger partial charge in [-0.1, -0.05) is 0 Å². The fourth-order valence-corrected chi connectivity index (χ4v) is 7.06. The quantitative estimate of drug-likeness (QED) is 0.608. The van der Waals surface area contributed by atoms with Crippen LogP contribution in [0, 0.1) is 5.92 Å². The van der Waals surface area contributed by atoms with E-state index < -0.39 is 10.0 Å². The first-order chi connectivity index (χ1) is 15.5. The van der Waals surface area contributed by atoms with Crippen molar-refractivity contribution in [1.82, 2.24) is 29.2 Å². The van der Waals surface area contributed by atoms with Gasteiger partial charge in [-0.15, -0.1) is 0 Å². The summed E-state index contributed by atoms with van der Waals surface area (Å²) in [5.74, 6) is 2.21. The largest absolute Gasteiger partial charge is 0.356 e. The molecule has 3 aromatic rings. The summed E-state index contributed by atoms with van der Waals surface area (Å²) in [5.41, 5.74) is 0.839. The molecule has 170 valence electrons. The van der Waals surface area contributed by atoms with E-state index in [1.807, 2.05) is 12.3 Å². The lowest BCUT2D eigenvalue weighted by molar-refractivity contribution is 0.336. The highest BCUT2D eigenvalue weighted by atomic mass is 32.2. The summed E-state index contributed by atoms with van der Waals surface area (Å²) in [7, 11) is -1.20. The number of anilines is 1. The fourth-order valence-electron chi connectivity index (χ4n) is 5.13. The standard InChI is InChI=1S/C22H29N7O2S/c1-28(22-19-7-11-25-21(19)26-15-27-22)18-5-3-16(4-6-18)14-32(30,31)29-12-8-17(13-29)20-23-9-2-10-24-20/h2,7,9-11,15-18H,3-6,8,12-14H2,1H3,(H,25,26,27)/t16-,17?,18-. The predicted molar refractivity (Wildman–Crippen MR) is 123 cm³/mol. The van der Waals surface area contributed by atoms with Crippen LogP contribution >= 0.6 is 0 Å². The Kier molecular flexibility index (Phi) is 5.81. The molecule has 0 radical (unpaired) electrons. The molecule has 1 saturated carbocycles. The molecule has 1 aliphatic heterocycles. The first-order valence-electron chi connectivity index (χ1n) is 11.3. The minimum atomic E-state index is -3.27. The minimum Gasteiger partial charge on any atom is -0.356 e. The first-order valence-corrected chi connectivity index (χ1v) is 12.9. The highest BCUT2D eigenvalue weighted by Gasteiger charge is 2.36. The van der Waals surface area contributed by atoms with Crippen molar-refractivity contribution < 1.29 is 8.42 Å². The van der Waals surface area contributed by atoms with Crippen molar-refractivity contribution in [3.05, 3.63) is 42.9 Å². The predicted octanol–water partition coefficient (Wildman–Crippen LogP) is 2.56. The molecule has 3 aromatic heterocycles. The summed E-state index contributed by atoms with van der Waals surface area (Å²) in [5, 5.41) is 1.02. The maximum atomic E-state index is 13.1. The lowest BCUT2D eigenvalue weighted by Gasteiger charge is -2.35. The van der Waals surface area contributed by atoms with E-state index in [0.717, 1.165) is 54.8 Å². The first kappa shape index (κ1) is 21.3. The lowest BCUT2D eigenvalue weighted by Crippen LogP contribution is -2.39. The van der Waals surface area contributed by atoms with Gasteiger partial charge in [-0.3, -0.25) is 0 Å². The van der Waals surface area contributed by atoms with E-state index >= 15 is 0 Å². The van der Waals surface area contributed by atoms with Crippen molar-refractivity contribution in [3.63, 3.8) is 0 Å². The number of H-pyrrole nitrogens is 1. The normalized spacial score (nSPS) is 24.7. The third-order valence-corrected chi connectivity index (χ3v) is 8.98. The van der Waals surface area contributed by atoms with E-state index in [1.165, 1.54) is 0 Å². The number of hydrogen-bond donors (Lipinski definition) is 1. The number of rotatable bonds is 6. The van der Waals surface area contributed by atoms with Crippen molar-refractivity contribution >= 4 is 26.9 Å². The zero-order chi connectivity index (χ0) is 22.1. The Morgan fingerprint density at radius 1 is 1.09 bits per heavy atom. The van der Waals surface area contributed by atoms with Crippen LogP contribution in [0.1, 0.15) is 43.8 Å². The van der Waals surface area contributed by atoms with Crippen LogP contribution in [0.5, 0.6) is 0 Å². The summed E-state index contributed by atoms with van der Waals surface area (Å²) >= 11 is 0. The molecule has 2 fully saturated rings. The van der Waals surface area contributed by atoms with Crippen molar-refractivity contribution in [1.29, 1.82) is 0 Å². The van der Waals surface area contributed by atoms with Gasteiger partial charge in [0.25, 0.3) is 0 Å². The molecule has 0 bridgehead atoms. The van der Waals surface area contributed by atoms with E-state index in [4.69, 9.17) is 0 Å². The van der Waals surface area contributed by atoms with E-state index in [1.54, 1.807) is 29.1 Å². The van der Waals surface area contributed by atoms with Crippen molar-refractivity contribution in [2.75, 3.05) is 30.8 Å². The fraction of sp³-hybridized carbons (Fsp3) is 0.545. The second kappa shape index (κ2) is 8.74. The van der Waals surface area contributed by atoms with Gasteiger partial charge in [0.2, 0.25) is 10.0 Å². The van der Waals surface area contributed by atoms with Gasteiger partial charge >= 0.3 is 0 Å². The molecular formula is C22H29N7O2S. The molecule has 2 aliphatic rings. The Morgan fingerprint density at radius 3 is 2.66 bits per heavy atom. The van der Waals surface area contributed by atoms with Gasteiger partial charge in [0.05, 0.1) is 11.1 Å². The monoisotopic (exact) mass is 455 g/mol. The number of nitrogens with zero attached hydrogens (tertiary/aromatic N) is 6. The molecule has 0 spiro atoms. The number of aromatic nitrogens is 5. The zero-order valence-electron chi connectivity index (χ0n) is 18.3. The Balaban J connectivity index is 1.17. The van der Waals surface area contributed by atoms with Crippen LogP contribution in [0.15, 0.2) is 37.1 Å². The van der Waals surface area contributed by atoms with Gasteiger partial charge < -0.3 is 9.88 Å². The molecule has 32 heavy (non-hydrogen) atoms. The van der Waals surface area contributed by atoms with Crippen molar-refractivity contribution in [3.8, 4) is 0 Å². The average Bonchev–Trinajstić information content (AvgIpc) is 3.50. The van der Waals surface area contributed by atoms with Gasteiger partial charge in [0.1, 0.15) is 23.6 Å². The Hall–Kier alpha value is -2.59. The molecule has 1 N–H and O–H groups in total. The number of fused-ring (bicyclic) bond motifs is 1. The molecule has 5 rings (SSSR count). The second-order valence-corrected chi connectivity index (χ2v) is 11.0. The molecule has 1 saturated heterocycles. The van der Waals surface area contributed by atoms with Gasteiger partial charge in [-0.2, -0.15) is 0 Å². The zero-order valence-corrected chi connectivity index (χ0v) is 19.1. The number of aromatic amines is 1. The summed E-state index contributed by atoms with van der Waals surface area (Å²) < 4.78 is 27.8. The lowest BCUT2D eigenvalue weighted by atomic mass is 9.86. The van der Waals surface area contributed by atoms with Crippen molar-refractivity contribution in [2.45, 2.75) is 44.1 Å². The van der Waals surface area contributed by atoms with Crippen LogP contribution in [0.3, 0.4) is 0 Å². The van der Waals surface area contributed by atoms with E-state index in [-0.39, 0.29) is 17.6 Å². The molecule has 9 nitrogen and oxygen atoms in total. The summed E-state index contributed by atoms with van der Waals surface area (Å²) in [6.45, 7) is 1.05. The van der Waals surface area contributed by atoms with Crippen LogP contribution in [0.2, 0.25) is 0 Å². The Bertz CT molecular complexity index is 1160. The smallest absolute Gasteiger partial charge is 0.214 e. The van der Waals surface area contributed by atoms with Crippen LogP contribution in [-0.2, 0) is 10.0 Å². The van der Waals surface area contributed by atoms with Gasteiger partial charge in [0, 0.05) is 50.7 Å². The maximum Gasteiger partial charge on any atom is 0.214 e. The van der Waals surface area contributed by atoms with Crippen molar-refractivity contribution in [2.24, 2.45) is 5.92 Å². The van der Waals surface area contributed by atoms with Gasteiger partial charge in [-0.05, 0) is 50.2 Å². The number of nitrogens with one attached hydrogen (secondary N) is 1. The van der Waals surface area contributed by atoms with Crippen LogP contribution in [-0.4, -0.2) is 69.6 Å². The maximum absolute atomic E-state index is 13.1. The molecular weight excluding hydrogens is 426 g/mol. The molecule has 0 aromatic carbocycles. The molecule has 10 heteroatoms. The van der Waals surface area contributed by atoms with Crippen LogP contribution in [0.4, 0.5) is 5.82 Å². The van der Waals surface area contributed by atoms with E-state index in [0.29, 0.717) is 19.1 Å². The second-order valence-electron chi connectivity index (χ2n) is 8.95. The Labute approximate surface area is 188 Å². The summed E-state index contributed by atoms with van der Waals surface area (Å²) in [4.78, 5) is 22.8. The van der Waals surface area contributed by atoms with Gasteiger partial charge in [-0.25, -0.2) is 32.7 Å². The Morgan fingerprint density at radius 2 is 1.88 bits per heavy atom. The van der Waals surface area contributed by atoms with Crippen LogP contribution < -0.4 is 4.90 Å². The molecule has 4 heterocycles. The molecule has 1 unspecified atom stereocenters. The molecule has 0 amide bonds. The number of sulfonamides is 1. The highest BCUT2D eigenvalue weighted by molar-refractivity contribution is 7.89. The minimum absolute atomic E-state index is 0.0912. The highest BCUT2D eigenvalue weighted by Crippen LogP contribution is 2.33. The third-order valence-electron chi connectivity index (χ3n) is 6.97. The summed E-state index contributed by atoms with van der Waals surface area (Å²) in [6.07, 6.45) is 11.4. The van der Waals surface area contributed by atoms with Crippen LogP contribution in [0.25, 0.3) is 11.0 Å². The number of hydrogen-bond acceptors (Lipinski definition) is 7. The van der Waals surface area contributed by atoms with E-state index in [2.05, 4.69) is 36.9 Å². The van der Waals surface area contributed by atoms with Gasteiger partial charge in [0.15, 0.2) is 0 Å². The average molecular weight is 456 g/mol. The third kappa shape index (κ3) is 4.21.